The van der Waals surface area contributed by atoms with Crippen LogP contribution >= 0.6 is 0 Å². The molecule has 1 aliphatic carbocycles. The van der Waals surface area contributed by atoms with E-state index in [1.54, 1.807) is 31.2 Å². The summed E-state index contributed by atoms with van der Waals surface area (Å²) in [5.41, 5.74) is 5.15. The zero-order valence-electron chi connectivity index (χ0n) is 13.0. The molecule has 7 nitrogen and oxygen atoms in total. The standard InChI is InChI=1S/C16H21N3O4/c1-16(9-3-2-4-12(16)14(21)22)19-13(20)10-5-7-11(8-6-10)18-15(17)23/h5-8,12H,2-4,9H2,1H3,(H,19,20)(H,21,22)(H3,17,18,23). The lowest BCUT2D eigenvalue weighted by molar-refractivity contribution is -0.145. The lowest BCUT2D eigenvalue weighted by atomic mass is 9.73. The van der Waals surface area contributed by atoms with Crippen LogP contribution in [0.25, 0.3) is 0 Å². The van der Waals surface area contributed by atoms with E-state index >= 15 is 0 Å². The zero-order valence-corrected chi connectivity index (χ0v) is 13.0. The van der Waals surface area contributed by atoms with Gasteiger partial charge in [-0.25, -0.2) is 4.79 Å². The van der Waals surface area contributed by atoms with Crippen LogP contribution in [0.1, 0.15) is 43.0 Å². The second kappa shape index (κ2) is 6.68. The van der Waals surface area contributed by atoms with Gasteiger partial charge in [0.2, 0.25) is 0 Å². The molecule has 1 aromatic carbocycles. The normalized spacial score (nSPS) is 23.8. The Bertz CT molecular complexity index is 614. The molecule has 0 aliphatic heterocycles. The third kappa shape index (κ3) is 4.00. The summed E-state index contributed by atoms with van der Waals surface area (Å²) < 4.78 is 0. The largest absolute Gasteiger partial charge is 0.481 e. The molecule has 1 fully saturated rings. The van der Waals surface area contributed by atoms with Gasteiger partial charge in [0.05, 0.1) is 11.5 Å². The monoisotopic (exact) mass is 319 g/mol. The van der Waals surface area contributed by atoms with Crippen LogP contribution in [0.2, 0.25) is 0 Å². The van der Waals surface area contributed by atoms with E-state index in [0.717, 1.165) is 12.8 Å². The van der Waals surface area contributed by atoms with Gasteiger partial charge in [0.25, 0.3) is 5.91 Å². The first kappa shape index (κ1) is 16.8. The lowest BCUT2D eigenvalue weighted by Gasteiger charge is -2.39. The summed E-state index contributed by atoms with van der Waals surface area (Å²) in [4.78, 5) is 34.6. The molecule has 1 aromatic rings. The van der Waals surface area contributed by atoms with Crippen molar-refractivity contribution in [3.8, 4) is 0 Å². The maximum Gasteiger partial charge on any atom is 0.316 e. The van der Waals surface area contributed by atoms with Crippen LogP contribution in [0.3, 0.4) is 0 Å². The topological polar surface area (TPSA) is 122 Å². The Labute approximate surface area is 134 Å². The number of nitrogens with one attached hydrogen (secondary N) is 2. The minimum absolute atomic E-state index is 0.328. The number of anilines is 1. The van der Waals surface area contributed by atoms with Crippen molar-refractivity contribution in [3.63, 3.8) is 0 Å². The number of rotatable bonds is 4. The Morgan fingerprint density at radius 2 is 1.87 bits per heavy atom. The van der Waals surface area contributed by atoms with Crippen molar-refractivity contribution >= 4 is 23.6 Å². The van der Waals surface area contributed by atoms with E-state index in [0.29, 0.717) is 24.1 Å². The van der Waals surface area contributed by atoms with Crippen molar-refractivity contribution in [1.29, 1.82) is 0 Å². The third-order valence-corrected chi connectivity index (χ3v) is 4.32. The molecule has 3 amide bonds. The Kier molecular flexibility index (Phi) is 4.88. The van der Waals surface area contributed by atoms with Crippen LogP contribution < -0.4 is 16.4 Å². The molecule has 0 aromatic heterocycles. The highest BCUT2D eigenvalue weighted by atomic mass is 16.4. The van der Waals surface area contributed by atoms with Crippen molar-refractivity contribution in [1.82, 2.24) is 5.32 Å². The average Bonchev–Trinajstić information content (AvgIpc) is 2.47. The Morgan fingerprint density at radius 3 is 2.43 bits per heavy atom. The Hall–Kier alpha value is -2.57. The van der Waals surface area contributed by atoms with Crippen LogP contribution in [0.5, 0.6) is 0 Å². The van der Waals surface area contributed by atoms with Crippen LogP contribution in [0.15, 0.2) is 24.3 Å². The highest BCUT2D eigenvalue weighted by Crippen LogP contribution is 2.34. The van der Waals surface area contributed by atoms with Crippen LogP contribution in [0.4, 0.5) is 10.5 Å². The molecule has 0 spiro atoms. The van der Waals surface area contributed by atoms with Gasteiger partial charge in [-0.2, -0.15) is 0 Å². The summed E-state index contributed by atoms with van der Waals surface area (Å²) in [7, 11) is 0. The maximum absolute atomic E-state index is 12.4. The highest BCUT2D eigenvalue weighted by molar-refractivity contribution is 5.96. The van der Waals surface area contributed by atoms with Crippen molar-refractivity contribution < 1.29 is 19.5 Å². The maximum atomic E-state index is 12.4. The van der Waals surface area contributed by atoms with Gasteiger partial charge in [-0.05, 0) is 44.0 Å². The van der Waals surface area contributed by atoms with E-state index in [-0.39, 0.29) is 5.91 Å². The van der Waals surface area contributed by atoms with Gasteiger partial charge >= 0.3 is 12.0 Å². The molecule has 0 radical (unpaired) electrons. The molecule has 7 heteroatoms. The summed E-state index contributed by atoms with van der Waals surface area (Å²) in [6, 6.07) is 5.57. The first-order chi connectivity index (χ1) is 10.8. The minimum atomic E-state index is -0.881. The van der Waals surface area contributed by atoms with Gasteiger partial charge < -0.3 is 21.5 Å². The van der Waals surface area contributed by atoms with E-state index < -0.39 is 23.5 Å². The van der Waals surface area contributed by atoms with Crippen LogP contribution in [0, 0.1) is 5.92 Å². The molecule has 2 atom stereocenters. The molecule has 1 aliphatic rings. The first-order valence-corrected chi connectivity index (χ1v) is 7.54. The van der Waals surface area contributed by atoms with Gasteiger partial charge in [-0.3, -0.25) is 9.59 Å². The quantitative estimate of drug-likeness (QED) is 0.677. The number of hydrogen-bond donors (Lipinski definition) is 4. The smallest absolute Gasteiger partial charge is 0.316 e. The van der Waals surface area contributed by atoms with Gasteiger partial charge in [0, 0.05) is 11.3 Å². The van der Waals surface area contributed by atoms with Gasteiger partial charge in [-0.15, -0.1) is 0 Å². The number of hydrogen-bond acceptors (Lipinski definition) is 3. The number of benzene rings is 1. The number of urea groups is 1. The third-order valence-electron chi connectivity index (χ3n) is 4.32. The van der Waals surface area contributed by atoms with E-state index in [4.69, 9.17) is 5.73 Å². The summed E-state index contributed by atoms with van der Waals surface area (Å²) >= 11 is 0. The summed E-state index contributed by atoms with van der Waals surface area (Å²) in [6.45, 7) is 1.78. The van der Waals surface area contributed by atoms with Crippen molar-refractivity contribution in [2.75, 3.05) is 5.32 Å². The van der Waals surface area contributed by atoms with Crippen LogP contribution in [-0.4, -0.2) is 28.6 Å². The molecule has 2 rings (SSSR count). The van der Waals surface area contributed by atoms with Gasteiger partial charge in [-0.1, -0.05) is 12.8 Å². The minimum Gasteiger partial charge on any atom is -0.481 e. The first-order valence-electron chi connectivity index (χ1n) is 7.54. The fourth-order valence-corrected chi connectivity index (χ4v) is 3.06. The van der Waals surface area contributed by atoms with E-state index in [1.807, 2.05) is 0 Å². The van der Waals surface area contributed by atoms with Crippen molar-refractivity contribution in [2.24, 2.45) is 11.7 Å². The molecule has 1 saturated carbocycles. The SMILES string of the molecule is CC1(NC(=O)c2ccc(NC(N)=O)cc2)CCCCC1C(=O)O. The Balaban J connectivity index is 2.10. The number of carbonyl (C=O) groups excluding carboxylic acids is 2. The summed E-state index contributed by atoms with van der Waals surface area (Å²) in [5, 5.41) is 14.7. The predicted octanol–water partition coefficient (Wildman–Crippen LogP) is 1.94. The molecule has 2 unspecified atom stereocenters. The fourth-order valence-electron chi connectivity index (χ4n) is 3.06. The number of nitrogens with two attached hydrogens (primary N) is 1. The van der Waals surface area contributed by atoms with E-state index in [9.17, 15) is 19.5 Å². The molecular weight excluding hydrogens is 298 g/mol. The number of carboxylic acid groups (broad SMARTS) is 1. The number of primary amides is 1. The van der Waals surface area contributed by atoms with E-state index in [1.165, 1.54) is 0 Å². The molecule has 0 bridgehead atoms. The number of aliphatic carboxylic acids is 1. The van der Waals surface area contributed by atoms with E-state index in [2.05, 4.69) is 10.6 Å². The number of carbonyl (C=O) groups is 3. The summed E-state index contributed by atoms with van der Waals surface area (Å²) in [5.74, 6) is -1.80. The van der Waals surface area contributed by atoms with Crippen LogP contribution in [-0.2, 0) is 4.79 Å². The lowest BCUT2D eigenvalue weighted by Crippen LogP contribution is -2.55. The van der Waals surface area contributed by atoms with Crippen molar-refractivity contribution in [2.45, 2.75) is 38.1 Å². The molecule has 23 heavy (non-hydrogen) atoms. The second-order valence-corrected chi connectivity index (χ2v) is 6.07. The van der Waals surface area contributed by atoms with Gasteiger partial charge in [0.15, 0.2) is 0 Å². The summed E-state index contributed by atoms with van der Waals surface area (Å²) in [6.07, 6.45) is 2.95. The number of amides is 3. The number of carboxylic acids is 1. The van der Waals surface area contributed by atoms with Crippen molar-refractivity contribution in [3.05, 3.63) is 29.8 Å². The molecule has 5 N–H and O–H groups in total. The molecule has 0 heterocycles. The zero-order chi connectivity index (χ0) is 17.0. The average molecular weight is 319 g/mol. The molecule has 0 saturated heterocycles. The fraction of sp³-hybridized carbons (Fsp3) is 0.438. The van der Waals surface area contributed by atoms with Gasteiger partial charge in [0.1, 0.15) is 0 Å². The predicted molar refractivity (Wildman–Crippen MR) is 85.1 cm³/mol. The molecule has 124 valence electrons. The Morgan fingerprint density at radius 1 is 1.22 bits per heavy atom. The highest BCUT2D eigenvalue weighted by Gasteiger charge is 2.42. The molecular formula is C16H21N3O4. The second-order valence-electron chi connectivity index (χ2n) is 6.07.